The lowest BCUT2D eigenvalue weighted by Crippen LogP contribution is -2.38. The second kappa shape index (κ2) is 7.38. The van der Waals surface area contributed by atoms with Gasteiger partial charge < -0.3 is 15.8 Å². The number of amides is 1. The highest BCUT2D eigenvalue weighted by Crippen LogP contribution is 2.12. The molecule has 1 fully saturated rings. The zero-order valence-electron chi connectivity index (χ0n) is 12.0. The average molecular weight is 277 g/mol. The number of morpholine rings is 1. The molecule has 0 spiro atoms. The summed E-state index contributed by atoms with van der Waals surface area (Å²) < 4.78 is 5.36. The molecule has 5 heteroatoms. The molecular formula is C15H23N3O2. The first-order valence-electron chi connectivity index (χ1n) is 7.07. The molecule has 1 aliphatic rings. The number of nitrogens with two attached hydrogens (primary N) is 1. The number of rotatable bonds is 5. The molecular weight excluding hydrogens is 254 g/mol. The fraction of sp³-hybridized carbons (Fsp3) is 0.533. The van der Waals surface area contributed by atoms with Crippen molar-refractivity contribution in [3.8, 4) is 0 Å². The van der Waals surface area contributed by atoms with E-state index in [2.05, 4.69) is 22.3 Å². The molecule has 1 heterocycles. The third kappa shape index (κ3) is 4.30. The number of ether oxygens (including phenoxy) is 1. The first-order chi connectivity index (χ1) is 9.66. The summed E-state index contributed by atoms with van der Waals surface area (Å²) in [7, 11) is 0. The largest absolute Gasteiger partial charge is 0.379 e. The highest BCUT2D eigenvalue weighted by molar-refractivity contribution is 5.80. The molecule has 2 rings (SSSR count). The fourth-order valence-electron chi connectivity index (χ4n) is 2.23. The Labute approximate surface area is 120 Å². The summed E-state index contributed by atoms with van der Waals surface area (Å²) in [5.74, 6) is -0.119. The third-order valence-electron chi connectivity index (χ3n) is 3.48. The second-order valence-corrected chi connectivity index (χ2v) is 5.16. The summed E-state index contributed by atoms with van der Waals surface area (Å²) >= 11 is 0. The predicted molar refractivity (Wildman–Crippen MR) is 78.0 cm³/mol. The van der Waals surface area contributed by atoms with Gasteiger partial charge in [0.2, 0.25) is 5.91 Å². The van der Waals surface area contributed by atoms with E-state index < -0.39 is 6.04 Å². The predicted octanol–water partition coefficient (Wildman–Crippen LogP) is 0.482. The highest BCUT2D eigenvalue weighted by Gasteiger charge is 2.13. The minimum atomic E-state index is -0.471. The van der Waals surface area contributed by atoms with Crippen LogP contribution >= 0.6 is 0 Å². The molecule has 3 N–H and O–H groups in total. The molecule has 5 nitrogen and oxygen atoms in total. The molecule has 20 heavy (non-hydrogen) atoms. The summed E-state index contributed by atoms with van der Waals surface area (Å²) in [5, 5.41) is 2.87. The molecule has 0 aliphatic carbocycles. The van der Waals surface area contributed by atoms with Gasteiger partial charge in [-0.15, -0.1) is 0 Å². The Bertz CT molecular complexity index is 442. The topological polar surface area (TPSA) is 67.6 Å². The summed E-state index contributed by atoms with van der Waals surface area (Å²) in [5.41, 5.74) is 7.95. The average Bonchev–Trinajstić information content (AvgIpc) is 2.47. The summed E-state index contributed by atoms with van der Waals surface area (Å²) in [6, 6.07) is 7.73. The van der Waals surface area contributed by atoms with E-state index in [-0.39, 0.29) is 5.91 Å². The van der Waals surface area contributed by atoms with Gasteiger partial charge >= 0.3 is 0 Å². The zero-order valence-corrected chi connectivity index (χ0v) is 12.0. The second-order valence-electron chi connectivity index (χ2n) is 5.16. The number of nitrogens with one attached hydrogen (secondary N) is 1. The number of nitrogens with zero attached hydrogens (tertiary/aromatic N) is 1. The maximum absolute atomic E-state index is 11.6. The first kappa shape index (κ1) is 15.0. The SMILES string of the molecule is C[C@H](N)C(=O)NCc1ccccc1CN1CCOCC1. The van der Waals surface area contributed by atoms with Crippen LogP contribution in [0, 0.1) is 0 Å². The number of carbonyl (C=O) groups excluding carboxylic acids is 1. The Balaban J connectivity index is 1.96. The van der Waals surface area contributed by atoms with E-state index in [1.165, 1.54) is 5.56 Å². The van der Waals surface area contributed by atoms with E-state index in [0.717, 1.165) is 38.4 Å². The van der Waals surface area contributed by atoms with Crippen LogP contribution in [-0.4, -0.2) is 43.2 Å². The lowest BCUT2D eigenvalue weighted by atomic mass is 10.1. The van der Waals surface area contributed by atoms with E-state index in [0.29, 0.717) is 6.54 Å². The molecule has 1 saturated heterocycles. The van der Waals surface area contributed by atoms with Crippen LogP contribution in [0.1, 0.15) is 18.1 Å². The van der Waals surface area contributed by atoms with E-state index >= 15 is 0 Å². The summed E-state index contributed by atoms with van der Waals surface area (Å²) in [6.45, 7) is 6.62. The highest BCUT2D eigenvalue weighted by atomic mass is 16.5. The van der Waals surface area contributed by atoms with Crippen LogP contribution in [0.5, 0.6) is 0 Å². The zero-order chi connectivity index (χ0) is 14.4. The van der Waals surface area contributed by atoms with Gasteiger partial charge in [0, 0.05) is 26.2 Å². The molecule has 0 bridgehead atoms. The number of carbonyl (C=O) groups is 1. The molecule has 0 unspecified atom stereocenters. The van der Waals surface area contributed by atoms with Crippen LogP contribution in [0.2, 0.25) is 0 Å². The van der Waals surface area contributed by atoms with Gasteiger partial charge in [-0.1, -0.05) is 24.3 Å². The van der Waals surface area contributed by atoms with Gasteiger partial charge in [-0.05, 0) is 18.1 Å². The lowest BCUT2D eigenvalue weighted by molar-refractivity contribution is -0.122. The van der Waals surface area contributed by atoms with E-state index in [1.54, 1.807) is 6.92 Å². The Morgan fingerprint density at radius 3 is 2.65 bits per heavy atom. The van der Waals surface area contributed by atoms with Crippen LogP contribution in [0.3, 0.4) is 0 Å². The fourth-order valence-corrected chi connectivity index (χ4v) is 2.23. The van der Waals surface area contributed by atoms with Crippen LogP contribution in [0.4, 0.5) is 0 Å². The summed E-state index contributed by atoms with van der Waals surface area (Å²) in [4.78, 5) is 13.9. The van der Waals surface area contributed by atoms with Gasteiger partial charge in [0.1, 0.15) is 0 Å². The molecule has 1 amide bonds. The van der Waals surface area contributed by atoms with E-state index in [4.69, 9.17) is 10.5 Å². The molecule has 1 aromatic carbocycles. The summed E-state index contributed by atoms with van der Waals surface area (Å²) in [6.07, 6.45) is 0. The molecule has 110 valence electrons. The van der Waals surface area contributed by atoms with Crippen LogP contribution in [0.15, 0.2) is 24.3 Å². The standard InChI is InChI=1S/C15H23N3O2/c1-12(16)15(19)17-10-13-4-2-3-5-14(13)11-18-6-8-20-9-7-18/h2-5,12H,6-11,16H2,1H3,(H,17,19)/t12-/m0/s1. The van der Waals surface area contributed by atoms with Crippen molar-refractivity contribution in [3.05, 3.63) is 35.4 Å². The maximum Gasteiger partial charge on any atom is 0.236 e. The molecule has 0 saturated carbocycles. The lowest BCUT2D eigenvalue weighted by Gasteiger charge is -2.27. The van der Waals surface area contributed by atoms with Crippen molar-refractivity contribution in [2.45, 2.75) is 26.1 Å². The Morgan fingerprint density at radius 1 is 1.35 bits per heavy atom. The van der Waals surface area contributed by atoms with Gasteiger partial charge in [0.15, 0.2) is 0 Å². The van der Waals surface area contributed by atoms with Crippen molar-refractivity contribution in [2.75, 3.05) is 26.3 Å². The number of hydrogen-bond donors (Lipinski definition) is 2. The van der Waals surface area contributed by atoms with E-state index in [1.807, 2.05) is 12.1 Å². The van der Waals surface area contributed by atoms with Crippen molar-refractivity contribution >= 4 is 5.91 Å². The van der Waals surface area contributed by atoms with Crippen molar-refractivity contribution in [3.63, 3.8) is 0 Å². The monoisotopic (exact) mass is 277 g/mol. The minimum absolute atomic E-state index is 0.119. The molecule has 1 atom stereocenters. The van der Waals surface area contributed by atoms with Gasteiger partial charge in [-0.25, -0.2) is 0 Å². The van der Waals surface area contributed by atoms with Crippen LogP contribution in [-0.2, 0) is 22.6 Å². The van der Waals surface area contributed by atoms with Crippen molar-refractivity contribution in [1.29, 1.82) is 0 Å². The molecule has 0 radical (unpaired) electrons. The van der Waals surface area contributed by atoms with Gasteiger partial charge in [-0.3, -0.25) is 9.69 Å². The molecule has 0 aromatic heterocycles. The Hall–Kier alpha value is -1.43. The Morgan fingerprint density at radius 2 is 2.00 bits per heavy atom. The van der Waals surface area contributed by atoms with Crippen LogP contribution < -0.4 is 11.1 Å². The number of benzene rings is 1. The number of hydrogen-bond acceptors (Lipinski definition) is 4. The van der Waals surface area contributed by atoms with Crippen molar-refractivity contribution < 1.29 is 9.53 Å². The normalized spacial score (nSPS) is 17.7. The quantitative estimate of drug-likeness (QED) is 0.821. The van der Waals surface area contributed by atoms with Gasteiger partial charge in [0.05, 0.1) is 19.3 Å². The smallest absolute Gasteiger partial charge is 0.236 e. The Kier molecular flexibility index (Phi) is 5.52. The van der Waals surface area contributed by atoms with Gasteiger partial charge in [0.25, 0.3) is 0 Å². The van der Waals surface area contributed by atoms with E-state index in [9.17, 15) is 4.79 Å². The minimum Gasteiger partial charge on any atom is -0.379 e. The molecule has 1 aromatic rings. The first-order valence-corrected chi connectivity index (χ1v) is 7.07. The maximum atomic E-state index is 11.6. The molecule has 1 aliphatic heterocycles. The van der Waals surface area contributed by atoms with Crippen LogP contribution in [0.25, 0.3) is 0 Å². The van der Waals surface area contributed by atoms with Crippen molar-refractivity contribution in [1.82, 2.24) is 10.2 Å². The third-order valence-corrected chi connectivity index (χ3v) is 3.48. The van der Waals surface area contributed by atoms with Gasteiger partial charge in [-0.2, -0.15) is 0 Å². The van der Waals surface area contributed by atoms with Crippen molar-refractivity contribution in [2.24, 2.45) is 5.73 Å².